The van der Waals surface area contributed by atoms with Crippen LogP contribution < -0.4 is 0 Å². The SMILES string of the molecule is CCC(C)(C)C(=O)OC(C)C(F)(F)C(C)(OC(C)=O)C(F)F. The molecule has 0 radical (unpaired) electrons. The molecule has 2 unspecified atom stereocenters. The Morgan fingerprint density at radius 2 is 1.59 bits per heavy atom. The van der Waals surface area contributed by atoms with Crippen molar-refractivity contribution < 1.29 is 36.6 Å². The van der Waals surface area contributed by atoms with Gasteiger partial charge in [0.05, 0.1) is 5.41 Å². The minimum absolute atomic E-state index is 0.320. The molecule has 8 heteroatoms. The molecule has 4 nitrogen and oxygen atoms in total. The summed E-state index contributed by atoms with van der Waals surface area (Å²) >= 11 is 0. The molecular formula is C14H22F4O4. The van der Waals surface area contributed by atoms with E-state index in [9.17, 15) is 27.2 Å². The number of carbonyl (C=O) groups excluding carboxylic acids is 2. The predicted octanol–water partition coefficient (Wildman–Crippen LogP) is 3.58. The monoisotopic (exact) mass is 330 g/mol. The zero-order chi connectivity index (χ0) is 17.9. The molecule has 0 aliphatic rings. The van der Waals surface area contributed by atoms with Crippen LogP contribution in [-0.2, 0) is 19.1 Å². The molecule has 0 aliphatic heterocycles. The van der Waals surface area contributed by atoms with Gasteiger partial charge in [0.1, 0.15) is 0 Å². The van der Waals surface area contributed by atoms with Crippen LogP contribution in [-0.4, -0.2) is 36.0 Å². The molecule has 0 N–H and O–H groups in total. The lowest BCUT2D eigenvalue weighted by Gasteiger charge is -2.39. The molecule has 0 bridgehead atoms. The first-order valence-electron chi connectivity index (χ1n) is 6.79. The van der Waals surface area contributed by atoms with Crippen molar-refractivity contribution >= 4 is 11.9 Å². The first-order valence-corrected chi connectivity index (χ1v) is 6.79. The van der Waals surface area contributed by atoms with E-state index in [0.29, 0.717) is 13.3 Å². The highest BCUT2D eigenvalue weighted by molar-refractivity contribution is 5.76. The zero-order valence-electron chi connectivity index (χ0n) is 13.5. The van der Waals surface area contributed by atoms with E-state index < -0.39 is 41.4 Å². The van der Waals surface area contributed by atoms with E-state index in [1.165, 1.54) is 13.8 Å². The summed E-state index contributed by atoms with van der Waals surface area (Å²) in [7, 11) is 0. The molecule has 130 valence electrons. The van der Waals surface area contributed by atoms with Gasteiger partial charge in [-0.15, -0.1) is 0 Å². The van der Waals surface area contributed by atoms with Crippen molar-refractivity contribution in [3.8, 4) is 0 Å². The van der Waals surface area contributed by atoms with Gasteiger partial charge in [0.2, 0.25) is 5.60 Å². The Balaban J connectivity index is 5.41. The van der Waals surface area contributed by atoms with E-state index >= 15 is 0 Å². The number of esters is 2. The van der Waals surface area contributed by atoms with Crippen LogP contribution in [0.2, 0.25) is 0 Å². The molecular weight excluding hydrogens is 308 g/mol. The normalized spacial score (nSPS) is 16.9. The summed E-state index contributed by atoms with van der Waals surface area (Å²) in [6, 6.07) is 0. The van der Waals surface area contributed by atoms with Gasteiger partial charge in [-0.3, -0.25) is 9.59 Å². The maximum atomic E-state index is 14.3. The minimum atomic E-state index is -4.27. The number of rotatable bonds is 7. The molecule has 0 amide bonds. The maximum Gasteiger partial charge on any atom is 0.328 e. The second-order valence-electron chi connectivity index (χ2n) is 5.91. The fourth-order valence-electron chi connectivity index (χ4n) is 1.50. The van der Waals surface area contributed by atoms with Gasteiger partial charge in [0, 0.05) is 6.92 Å². The van der Waals surface area contributed by atoms with Crippen molar-refractivity contribution in [2.75, 3.05) is 0 Å². The number of alkyl halides is 4. The predicted molar refractivity (Wildman–Crippen MR) is 70.7 cm³/mol. The van der Waals surface area contributed by atoms with Gasteiger partial charge >= 0.3 is 17.9 Å². The van der Waals surface area contributed by atoms with Crippen molar-refractivity contribution in [3.63, 3.8) is 0 Å². The third kappa shape index (κ3) is 4.10. The fourth-order valence-corrected chi connectivity index (χ4v) is 1.50. The highest BCUT2D eigenvalue weighted by Crippen LogP contribution is 2.41. The standard InChI is InChI=1S/C14H22F4O4/c1-7-12(4,5)11(20)21-8(2)14(17,18)13(6,10(15)16)22-9(3)19/h8,10H,7H2,1-6H3. The lowest BCUT2D eigenvalue weighted by molar-refractivity contribution is -0.275. The lowest BCUT2D eigenvalue weighted by Crippen LogP contribution is -2.60. The topological polar surface area (TPSA) is 52.6 Å². The maximum absolute atomic E-state index is 14.3. The van der Waals surface area contributed by atoms with Crippen LogP contribution >= 0.6 is 0 Å². The third-order valence-electron chi connectivity index (χ3n) is 3.66. The molecule has 0 saturated heterocycles. The molecule has 0 fully saturated rings. The molecule has 0 aromatic carbocycles. The van der Waals surface area contributed by atoms with Crippen molar-refractivity contribution in [2.45, 2.75) is 72.0 Å². The van der Waals surface area contributed by atoms with Gasteiger partial charge in [-0.2, -0.15) is 8.78 Å². The highest BCUT2D eigenvalue weighted by Gasteiger charge is 2.64. The van der Waals surface area contributed by atoms with E-state index in [0.717, 1.165) is 13.8 Å². The second-order valence-corrected chi connectivity index (χ2v) is 5.91. The van der Waals surface area contributed by atoms with Crippen LogP contribution in [0, 0.1) is 5.41 Å². The van der Waals surface area contributed by atoms with Crippen LogP contribution in [0.3, 0.4) is 0 Å². The first kappa shape index (κ1) is 20.7. The fraction of sp³-hybridized carbons (Fsp3) is 0.857. The summed E-state index contributed by atoms with van der Waals surface area (Å²) in [4.78, 5) is 22.7. The average molecular weight is 330 g/mol. The molecule has 2 atom stereocenters. The van der Waals surface area contributed by atoms with Gasteiger partial charge in [0.15, 0.2) is 6.10 Å². The molecule has 0 aromatic heterocycles. The Hall–Kier alpha value is -1.34. The summed E-state index contributed by atoms with van der Waals surface area (Å²) in [5, 5.41) is 0. The number of carbonyl (C=O) groups is 2. The first-order chi connectivity index (χ1) is 9.72. The third-order valence-corrected chi connectivity index (χ3v) is 3.66. The van der Waals surface area contributed by atoms with Gasteiger partial charge < -0.3 is 9.47 Å². The van der Waals surface area contributed by atoms with E-state index in [-0.39, 0.29) is 0 Å². The van der Waals surface area contributed by atoms with Crippen LogP contribution in [0.4, 0.5) is 17.6 Å². The molecule has 0 saturated carbocycles. The van der Waals surface area contributed by atoms with Crippen molar-refractivity contribution in [1.82, 2.24) is 0 Å². The molecule has 0 aliphatic carbocycles. The Morgan fingerprint density at radius 3 is 1.91 bits per heavy atom. The summed E-state index contributed by atoms with van der Waals surface area (Å²) in [5.74, 6) is -6.50. The van der Waals surface area contributed by atoms with Gasteiger partial charge in [-0.25, -0.2) is 8.78 Å². The number of hydrogen-bond donors (Lipinski definition) is 0. The molecule has 0 rings (SSSR count). The summed E-state index contributed by atoms with van der Waals surface area (Å²) < 4.78 is 63.5. The Bertz CT molecular complexity index is 423. The number of ether oxygens (including phenoxy) is 2. The van der Waals surface area contributed by atoms with Crippen molar-refractivity contribution in [2.24, 2.45) is 5.41 Å². The van der Waals surface area contributed by atoms with E-state index in [1.54, 1.807) is 6.92 Å². The van der Waals surface area contributed by atoms with E-state index in [4.69, 9.17) is 0 Å². The summed E-state index contributed by atoms with van der Waals surface area (Å²) in [6.45, 7) is 6.57. The van der Waals surface area contributed by atoms with E-state index in [1.807, 2.05) is 0 Å². The summed E-state index contributed by atoms with van der Waals surface area (Å²) in [6.07, 6.45) is -5.53. The smallest absolute Gasteiger partial charge is 0.328 e. The number of hydrogen-bond acceptors (Lipinski definition) is 4. The van der Waals surface area contributed by atoms with Gasteiger partial charge in [0.25, 0.3) is 6.43 Å². The Kier molecular flexibility index (Phi) is 6.41. The largest absolute Gasteiger partial charge is 0.456 e. The van der Waals surface area contributed by atoms with Crippen molar-refractivity contribution in [3.05, 3.63) is 0 Å². The van der Waals surface area contributed by atoms with Crippen LogP contribution in [0.25, 0.3) is 0 Å². The van der Waals surface area contributed by atoms with Crippen LogP contribution in [0.1, 0.15) is 48.0 Å². The zero-order valence-corrected chi connectivity index (χ0v) is 13.5. The Labute approximate surface area is 127 Å². The van der Waals surface area contributed by atoms with Crippen LogP contribution in [0.15, 0.2) is 0 Å². The molecule has 0 aromatic rings. The van der Waals surface area contributed by atoms with E-state index in [2.05, 4.69) is 9.47 Å². The minimum Gasteiger partial charge on any atom is -0.456 e. The number of halogens is 4. The average Bonchev–Trinajstić information content (AvgIpc) is 2.36. The highest BCUT2D eigenvalue weighted by atomic mass is 19.3. The second kappa shape index (κ2) is 6.83. The summed E-state index contributed by atoms with van der Waals surface area (Å²) in [5.41, 5.74) is -4.43. The van der Waals surface area contributed by atoms with Gasteiger partial charge in [-0.05, 0) is 34.1 Å². The quantitative estimate of drug-likeness (QED) is 0.529. The van der Waals surface area contributed by atoms with Gasteiger partial charge in [-0.1, -0.05) is 6.92 Å². The molecule has 0 heterocycles. The molecule has 22 heavy (non-hydrogen) atoms. The van der Waals surface area contributed by atoms with Crippen LogP contribution in [0.5, 0.6) is 0 Å². The molecule has 0 spiro atoms. The van der Waals surface area contributed by atoms with Crippen molar-refractivity contribution in [1.29, 1.82) is 0 Å². The lowest BCUT2D eigenvalue weighted by atomic mass is 9.90. The Morgan fingerprint density at radius 1 is 1.14 bits per heavy atom.